The van der Waals surface area contributed by atoms with E-state index in [0.717, 1.165) is 25.9 Å². The number of rotatable bonds is 6. The van der Waals surface area contributed by atoms with Gasteiger partial charge in [0.2, 0.25) is 0 Å². The van der Waals surface area contributed by atoms with Crippen molar-refractivity contribution in [2.45, 2.75) is 46.1 Å². The molecule has 1 aliphatic rings. The number of likely N-dealkylation sites (tertiary alicyclic amines) is 1. The predicted molar refractivity (Wildman–Crippen MR) is 82.3 cm³/mol. The number of hydrogen-bond acceptors (Lipinski definition) is 3. The summed E-state index contributed by atoms with van der Waals surface area (Å²) in [5, 5.41) is 11.8. The number of urea groups is 1. The first-order valence-corrected chi connectivity index (χ1v) is 7.72. The second-order valence-corrected chi connectivity index (χ2v) is 6.51. The van der Waals surface area contributed by atoms with Crippen LogP contribution < -0.4 is 5.32 Å². The first kappa shape index (κ1) is 17.8. The molecule has 2 amide bonds. The molecule has 0 bridgehead atoms. The second kappa shape index (κ2) is 7.64. The maximum absolute atomic E-state index is 12.3. The molecule has 0 aromatic carbocycles. The van der Waals surface area contributed by atoms with E-state index in [-0.39, 0.29) is 23.9 Å². The molecule has 0 aromatic rings. The number of nitrogens with one attached hydrogen (secondary N) is 1. The highest BCUT2D eigenvalue weighted by atomic mass is 16.4. The molecule has 0 aromatic heterocycles. The molecule has 1 heterocycles. The molecule has 6 heteroatoms. The van der Waals surface area contributed by atoms with E-state index in [9.17, 15) is 9.59 Å². The van der Waals surface area contributed by atoms with Gasteiger partial charge in [-0.15, -0.1) is 0 Å². The summed E-state index contributed by atoms with van der Waals surface area (Å²) in [5.41, 5.74) is 0.137. The molecule has 1 fully saturated rings. The number of hydrogen-bond donors (Lipinski definition) is 2. The van der Waals surface area contributed by atoms with Crippen molar-refractivity contribution in [3.63, 3.8) is 0 Å². The van der Waals surface area contributed by atoms with Gasteiger partial charge in [0.25, 0.3) is 0 Å². The third kappa shape index (κ3) is 5.53. The van der Waals surface area contributed by atoms with Crippen molar-refractivity contribution in [2.75, 3.05) is 33.2 Å². The molecule has 2 N–H and O–H groups in total. The fourth-order valence-electron chi connectivity index (χ4n) is 2.74. The Balaban J connectivity index is 2.49. The van der Waals surface area contributed by atoms with Crippen LogP contribution in [0.25, 0.3) is 0 Å². The molecule has 21 heavy (non-hydrogen) atoms. The van der Waals surface area contributed by atoms with Gasteiger partial charge in [-0.2, -0.15) is 0 Å². The first-order valence-electron chi connectivity index (χ1n) is 7.72. The van der Waals surface area contributed by atoms with Crippen LogP contribution in [0.2, 0.25) is 0 Å². The van der Waals surface area contributed by atoms with E-state index >= 15 is 0 Å². The molecule has 0 radical (unpaired) electrons. The van der Waals surface area contributed by atoms with E-state index in [1.54, 1.807) is 11.8 Å². The van der Waals surface area contributed by atoms with Crippen molar-refractivity contribution < 1.29 is 14.7 Å². The van der Waals surface area contributed by atoms with Crippen LogP contribution >= 0.6 is 0 Å². The lowest BCUT2D eigenvalue weighted by molar-refractivity contribution is -0.138. The van der Waals surface area contributed by atoms with Crippen LogP contribution in [0.4, 0.5) is 4.79 Å². The van der Waals surface area contributed by atoms with Gasteiger partial charge < -0.3 is 20.2 Å². The summed E-state index contributed by atoms with van der Waals surface area (Å²) in [6, 6.07) is -0.454. The van der Waals surface area contributed by atoms with Crippen LogP contribution in [-0.2, 0) is 4.79 Å². The van der Waals surface area contributed by atoms with Crippen molar-refractivity contribution in [2.24, 2.45) is 5.41 Å². The molecule has 1 unspecified atom stereocenters. The van der Waals surface area contributed by atoms with Crippen LogP contribution in [0.15, 0.2) is 0 Å². The molecule has 1 saturated heterocycles. The number of piperidine rings is 1. The Morgan fingerprint density at radius 2 is 1.95 bits per heavy atom. The molecular formula is C15H29N3O3. The number of carboxylic acid groups (broad SMARTS) is 1. The van der Waals surface area contributed by atoms with Gasteiger partial charge >= 0.3 is 12.0 Å². The van der Waals surface area contributed by atoms with Crippen LogP contribution in [0.3, 0.4) is 0 Å². The first-order chi connectivity index (χ1) is 9.77. The van der Waals surface area contributed by atoms with Crippen LogP contribution in [0, 0.1) is 5.41 Å². The van der Waals surface area contributed by atoms with Gasteiger partial charge in [0.05, 0.1) is 6.42 Å². The van der Waals surface area contributed by atoms with Gasteiger partial charge in [0.15, 0.2) is 0 Å². The molecule has 0 aliphatic carbocycles. The predicted octanol–water partition coefficient (Wildman–Crippen LogP) is 1.61. The Bertz CT molecular complexity index is 365. The number of amides is 2. The van der Waals surface area contributed by atoms with Gasteiger partial charge in [0, 0.05) is 19.1 Å². The molecule has 6 nitrogen and oxygen atoms in total. The van der Waals surface area contributed by atoms with Crippen LogP contribution in [0.5, 0.6) is 0 Å². The van der Waals surface area contributed by atoms with Gasteiger partial charge in [0.1, 0.15) is 0 Å². The minimum Gasteiger partial charge on any atom is -0.481 e. The quantitative estimate of drug-likeness (QED) is 0.781. The van der Waals surface area contributed by atoms with Gasteiger partial charge in [-0.3, -0.25) is 4.79 Å². The SMILES string of the molecule is CCN(C(=O)NCC1(C)CCN(C)CC1)C(C)CC(=O)O. The van der Waals surface area contributed by atoms with Crippen molar-refractivity contribution in [3.8, 4) is 0 Å². The van der Waals surface area contributed by atoms with Crippen molar-refractivity contribution in [1.29, 1.82) is 0 Å². The largest absolute Gasteiger partial charge is 0.481 e. The molecule has 0 saturated carbocycles. The van der Waals surface area contributed by atoms with E-state index in [1.165, 1.54) is 0 Å². The standard InChI is InChI=1S/C15H29N3O3/c1-5-18(12(2)10-13(19)20)14(21)16-11-15(3)6-8-17(4)9-7-15/h12H,5-11H2,1-4H3,(H,16,21)(H,19,20). The zero-order chi connectivity index (χ0) is 16.0. The second-order valence-electron chi connectivity index (χ2n) is 6.51. The normalized spacial score (nSPS) is 19.8. The molecule has 122 valence electrons. The Morgan fingerprint density at radius 3 is 2.43 bits per heavy atom. The highest BCUT2D eigenvalue weighted by molar-refractivity contribution is 5.75. The Hall–Kier alpha value is -1.30. The number of carbonyl (C=O) groups excluding carboxylic acids is 1. The zero-order valence-corrected chi connectivity index (χ0v) is 13.7. The monoisotopic (exact) mass is 299 g/mol. The lowest BCUT2D eigenvalue weighted by atomic mass is 9.80. The number of nitrogens with zero attached hydrogens (tertiary/aromatic N) is 2. The summed E-state index contributed by atoms with van der Waals surface area (Å²) in [7, 11) is 2.12. The smallest absolute Gasteiger partial charge is 0.317 e. The minimum atomic E-state index is -0.879. The van der Waals surface area contributed by atoms with Gasteiger partial charge in [-0.05, 0) is 52.2 Å². The molecular weight excluding hydrogens is 270 g/mol. The Kier molecular flexibility index (Phi) is 6.45. The summed E-state index contributed by atoms with van der Waals surface area (Å²) >= 11 is 0. The van der Waals surface area contributed by atoms with E-state index in [0.29, 0.717) is 13.1 Å². The third-order valence-corrected chi connectivity index (χ3v) is 4.46. The fourth-order valence-corrected chi connectivity index (χ4v) is 2.74. The van der Waals surface area contributed by atoms with Gasteiger partial charge in [-0.1, -0.05) is 6.92 Å². The fraction of sp³-hybridized carbons (Fsp3) is 0.867. The van der Waals surface area contributed by atoms with Crippen molar-refractivity contribution in [1.82, 2.24) is 15.1 Å². The average Bonchev–Trinajstić information content (AvgIpc) is 2.40. The van der Waals surface area contributed by atoms with E-state index in [4.69, 9.17) is 5.11 Å². The third-order valence-electron chi connectivity index (χ3n) is 4.46. The Morgan fingerprint density at radius 1 is 1.38 bits per heavy atom. The molecule has 0 spiro atoms. The van der Waals surface area contributed by atoms with Gasteiger partial charge in [-0.25, -0.2) is 4.79 Å². The summed E-state index contributed by atoms with van der Waals surface area (Å²) in [6.07, 6.45) is 2.12. The lowest BCUT2D eigenvalue weighted by Gasteiger charge is -2.38. The van der Waals surface area contributed by atoms with E-state index in [1.807, 2.05) is 6.92 Å². The van der Waals surface area contributed by atoms with E-state index in [2.05, 4.69) is 24.2 Å². The Labute approximate surface area is 127 Å². The maximum atomic E-state index is 12.3. The van der Waals surface area contributed by atoms with Crippen LogP contribution in [0.1, 0.15) is 40.0 Å². The van der Waals surface area contributed by atoms with E-state index < -0.39 is 5.97 Å². The van der Waals surface area contributed by atoms with Crippen LogP contribution in [-0.4, -0.2) is 66.2 Å². The molecule has 1 aliphatic heterocycles. The summed E-state index contributed by atoms with van der Waals surface area (Å²) in [4.78, 5) is 26.9. The summed E-state index contributed by atoms with van der Waals surface area (Å²) in [6.45, 7) is 9.12. The number of aliphatic carboxylic acids is 1. The highest BCUT2D eigenvalue weighted by Gasteiger charge is 2.30. The maximum Gasteiger partial charge on any atom is 0.317 e. The minimum absolute atomic E-state index is 0.0245. The summed E-state index contributed by atoms with van der Waals surface area (Å²) < 4.78 is 0. The lowest BCUT2D eigenvalue weighted by Crippen LogP contribution is -2.50. The summed E-state index contributed by atoms with van der Waals surface area (Å²) in [5.74, 6) is -0.879. The number of carbonyl (C=O) groups is 2. The zero-order valence-electron chi connectivity index (χ0n) is 13.7. The average molecular weight is 299 g/mol. The van der Waals surface area contributed by atoms with Crippen molar-refractivity contribution in [3.05, 3.63) is 0 Å². The highest BCUT2D eigenvalue weighted by Crippen LogP contribution is 2.29. The molecule has 1 rings (SSSR count). The topological polar surface area (TPSA) is 72.9 Å². The number of carboxylic acids is 1. The molecule has 1 atom stereocenters. The van der Waals surface area contributed by atoms with Crippen molar-refractivity contribution >= 4 is 12.0 Å².